The Morgan fingerprint density at radius 3 is 2.39 bits per heavy atom. The molecule has 0 aromatic heterocycles. The minimum Gasteiger partial charge on any atom is -0.463 e. The van der Waals surface area contributed by atoms with Crippen LogP contribution in [0.3, 0.4) is 0 Å². The fourth-order valence-corrected chi connectivity index (χ4v) is 5.39. The predicted molar refractivity (Wildman–Crippen MR) is 126 cm³/mol. The number of benzene rings is 2. The molecule has 0 bridgehead atoms. The van der Waals surface area contributed by atoms with Crippen molar-refractivity contribution in [3.63, 3.8) is 0 Å². The normalized spacial score (nSPS) is 18.5. The standard InChI is InChI=1S/C23H29N3O6S/c1-16(2)32-23(27)18-8-11-20(12-9-18)33(30,31)25-19-10-13-21(22(14-19)26(28)29)24-15-17-6-4-3-5-7-17/h3-7,10,13-14,16,18,20,24-25H,8-9,11-12,15H2,1-2H3. The zero-order valence-electron chi connectivity index (χ0n) is 18.7. The number of nitro benzene ring substituents is 1. The van der Waals surface area contributed by atoms with Gasteiger partial charge in [0.25, 0.3) is 5.69 Å². The first-order valence-corrected chi connectivity index (χ1v) is 12.5. The van der Waals surface area contributed by atoms with E-state index in [0.29, 0.717) is 37.9 Å². The van der Waals surface area contributed by atoms with Crippen molar-refractivity contribution in [1.29, 1.82) is 0 Å². The van der Waals surface area contributed by atoms with Crippen LogP contribution in [0.15, 0.2) is 48.5 Å². The average molecular weight is 476 g/mol. The van der Waals surface area contributed by atoms with E-state index >= 15 is 0 Å². The zero-order chi connectivity index (χ0) is 24.0. The molecule has 0 amide bonds. The van der Waals surface area contributed by atoms with E-state index in [2.05, 4.69) is 10.0 Å². The quantitative estimate of drug-likeness (QED) is 0.311. The summed E-state index contributed by atoms with van der Waals surface area (Å²) in [5.74, 6) is -0.585. The maximum atomic E-state index is 12.9. The number of ether oxygens (including phenoxy) is 1. The molecule has 0 radical (unpaired) electrons. The molecule has 1 aliphatic rings. The Morgan fingerprint density at radius 2 is 1.79 bits per heavy atom. The Kier molecular flexibility index (Phi) is 7.91. The second-order valence-electron chi connectivity index (χ2n) is 8.43. The number of anilines is 2. The van der Waals surface area contributed by atoms with Gasteiger partial charge < -0.3 is 10.1 Å². The highest BCUT2D eigenvalue weighted by Crippen LogP contribution is 2.33. The number of nitro groups is 1. The summed E-state index contributed by atoms with van der Waals surface area (Å²) < 4.78 is 33.5. The lowest BCUT2D eigenvalue weighted by Gasteiger charge is -2.27. The van der Waals surface area contributed by atoms with E-state index in [1.807, 2.05) is 30.3 Å². The summed E-state index contributed by atoms with van der Waals surface area (Å²) in [6, 6.07) is 13.7. The third kappa shape index (κ3) is 6.67. The van der Waals surface area contributed by atoms with Gasteiger partial charge in [-0.3, -0.25) is 19.6 Å². The van der Waals surface area contributed by atoms with E-state index in [4.69, 9.17) is 4.74 Å². The van der Waals surface area contributed by atoms with Gasteiger partial charge in [-0.1, -0.05) is 30.3 Å². The molecule has 2 aromatic carbocycles. The molecule has 2 N–H and O–H groups in total. The molecule has 9 nitrogen and oxygen atoms in total. The number of carbonyl (C=O) groups excluding carboxylic acids is 1. The summed E-state index contributed by atoms with van der Waals surface area (Å²) in [5, 5.41) is 13.9. The second-order valence-corrected chi connectivity index (χ2v) is 10.4. The van der Waals surface area contributed by atoms with Crippen molar-refractivity contribution >= 4 is 33.1 Å². The number of carbonyl (C=O) groups is 1. The monoisotopic (exact) mass is 475 g/mol. The molecule has 33 heavy (non-hydrogen) atoms. The van der Waals surface area contributed by atoms with E-state index in [0.717, 1.165) is 5.56 Å². The molecule has 0 aliphatic heterocycles. The minimum absolute atomic E-state index is 0.133. The third-order valence-corrected chi connectivity index (χ3v) is 7.45. The van der Waals surface area contributed by atoms with Gasteiger partial charge in [-0.2, -0.15) is 0 Å². The summed E-state index contributed by atoms with van der Waals surface area (Å²) in [6.45, 7) is 3.95. The van der Waals surface area contributed by atoms with Crippen molar-refractivity contribution in [1.82, 2.24) is 0 Å². The van der Waals surface area contributed by atoms with Crippen LogP contribution < -0.4 is 10.0 Å². The second kappa shape index (κ2) is 10.7. The van der Waals surface area contributed by atoms with Crippen molar-refractivity contribution < 1.29 is 22.9 Å². The lowest BCUT2D eigenvalue weighted by molar-refractivity contribution is -0.383. The van der Waals surface area contributed by atoms with Gasteiger partial charge in [0.05, 0.1) is 27.9 Å². The first-order valence-electron chi connectivity index (χ1n) is 10.9. The SMILES string of the molecule is CC(C)OC(=O)C1CCC(S(=O)(=O)Nc2ccc(NCc3ccccc3)c([N+](=O)[O-])c2)CC1. The van der Waals surface area contributed by atoms with Crippen molar-refractivity contribution in [3.8, 4) is 0 Å². The molecule has 2 aromatic rings. The lowest BCUT2D eigenvalue weighted by atomic mass is 9.89. The third-order valence-electron chi connectivity index (χ3n) is 5.58. The maximum Gasteiger partial charge on any atom is 0.309 e. The maximum absolute atomic E-state index is 12.9. The topological polar surface area (TPSA) is 128 Å². The van der Waals surface area contributed by atoms with Gasteiger partial charge in [0, 0.05) is 12.6 Å². The van der Waals surface area contributed by atoms with E-state index in [9.17, 15) is 23.3 Å². The fraction of sp³-hybridized carbons (Fsp3) is 0.435. The number of nitrogens with one attached hydrogen (secondary N) is 2. The van der Waals surface area contributed by atoms with E-state index in [-0.39, 0.29) is 29.4 Å². The van der Waals surface area contributed by atoms with Crippen molar-refractivity contribution in [2.24, 2.45) is 5.92 Å². The Labute approximate surface area is 193 Å². The van der Waals surface area contributed by atoms with Gasteiger partial charge in [-0.25, -0.2) is 8.42 Å². The molecule has 0 spiro atoms. The van der Waals surface area contributed by atoms with Crippen LogP contribution in [-0.2, 0) is 26.1 Å². The van der Waals surface area contributed by atoms with Crippen LogP contribution in [0, 0.1) is 16.0 Å². The summed E-state index contributed by atoms with van der Waals surface area (Å²) >= 11 is 0. The number of hydrogen-bond acceptors (Lipinski definition) is 7. The highest BCUT2D eigenvalue weighted by molar-refractivity contribution is 7.93. The molecule has 1 fully saturated rings. The van der Waals surface area contributed by atoms with Crippen LogP contribution in [0.25, 0.3) is 0 Å². The van der Waals surface area contributed by atoms with Gasteiger partial charge in [0.2, 0.25) is 10.0 Å². The molecular formula is C23H29N3O6S. The van der Waals surface area contributed by atoms with Crippen molar-refractivity contribution in [3.05, 3.63) is 64.2 Å². The largest absolute Gasteiger partial charge is 0.463 e. The van der Waals surface area contributed by atoms with Gasteiger partial charge >= 0.3 is 5.97 Å². The Morgan fingerprint density at radius 1 is 1.12 bits per heavy atom. The predicted octanol–water partition coefficient (Wildman–Crippen LogP) is 4.46. The highest BCUT2D eigenvalue weighted by atomic mass is 32.2. The molecule has 0 heterocycles. The van der Waals surface area contributed by atoms with E-state index in [1.54, 1.807) is 13.8 Å². The Hall–Kier alpha value is -3.14. The average Bonchev–Trinajstić information content (AvgIpc) is 2.78. The molecule has 0 unspecified atom stereocenters. The summed E-state index contributed by atoms with van der Waals surface area (Å²) in [7, 11) is -3.76. The number of esters is 1. The number of hydrogen-bond donors (Lipinski definition) is 2. The van der Waals surface area contributed by atoms with Crippen LogP contribution in [0.2, 0.25) is 0 Å². The molecule has 1 saturated carbocycles. The highest BCUT2D eigenvalue weighted by Gasteiger charge is 2.34. The number of rotatable bonds is 9. The molecule has 10 heteroatoms. The Balaban J connectivity index is 1.65. The van der Waals surface area contributed by atoms with Gasteiger partial charge in [-0.05, 0) is 57.2 Å². The molecule has 3 rings (SSSR count). The summed E-state index contributed by atoms with van der Waals surface area (Å²) in [5.41, 5.74) is 1.18. The summed E-state index contributed by atoms with van der Waals surface area (Å²) in [6.07, 6.45) is 1.30. The van der Waals surface area contributed by atoms with Crippen LogP contribution in [0.5, 0.6) is 0 Å². The molecule has 1 aliphatic carbocycles. The lowest BCUT2D eigenvalue weighted by Crippen LogP contribution is -2.34. The molecular weight excluding hydrogens is 446 g/mol. The van der Waals surface area contributed by atoms with Gasteiger partial charge in [0.15, 0.2) is 0 Å². The van der Waals surface area contributed by atoms with E-state index < -0.39 is 20.2 Å². The van der Waals surface area contributed by atoms with Crippen LogP contribution in [0.1, 0.15) is 45.1 Å². The first kappa shape index (κ1) is 24.5. The Bertz CT molecular complexity index is 1080. The van der Waals surface area contributed by atoms with E-state index in [1.165, 1.54) is 18.2 Å². The zero-order valence-corrected chi connectivity index (χ0v) is 19.5. The van der Waals surface area contributed by atoms with Crippen LogP contribution in [-0.4, -0.2) is 30.7 Å². The molecule has 0 saturated heterocycles. The van der Waals surface area contributed by atoms with Crippen LogP contribution >= 0.6 is 0 Å². The van der Waals surface area contributed by atoms with Crippen molar-refractivity contribution in [2.75, 3.05) is 10.0 Å². The van der Waals surface area contributed by atoms with Crippen molar-refractivity contribution in [2.45, 2.75) is 57.4 Å². The fourth-order valence-electron chi connectivity index (χ4n) is 3.87. The molecule has 178 valence electrons. The molecule has 0 atom stereocenters. The smallest absolute Gasteiger partial charge is 0.309 e. The van der Waals surface area contributed by atoms with Gasteiger partial charge in [-0.15, -0.1) is 0 Å². The first-order chi connectivity index (χ1) is 15.7. The number of nitrogens with zero attached hydrogens (tertiary/aromatic N) is 1. The summed E-state index contributed by atoms with van der Waals surface area (Å²) in [4.78, 5) is 23.1. The van der Waals surface area contributed by atoms with Gasteiger partial charge in [0.1, 0.15) is 5.69 Å². The number of sulfonamides is 1. The minimum atomic E-state index is -3.76. The van der Waals surface area contributed by atoms with Crippen LogP contribution in [0.4, 0.5) is 17.1 Å².